The number of carbonyl (C=O) groups excluding carboxylic acids is 2. The van der Waals surface area contributed by atoms with Gasteiger partial charge >= 0.3 is 10.4 Å². The normalized spacial score (nSPS) is 15.9. The molecule has 0 heterocycles. The standard InChI is InChI=1S/C14H10O.C6H12O6.H2O4S/c15-14-12-7-3-1-5-10(12)9-11-6-2-4-8-13(11)14;7-1-3(9)5(11)6(12)4(10)2-8;1-5(2,3)4/h1-8H,9H2;1,3-6,8-12H,2H2;(H2,1,2,3,4). The Bertz CT molecular complexity index is 951. The van der Waals surface area contributed by atoms with Gasteiger partial charge in [-0.3, -0.25) is 13.9 Å². The molecule has 11 nitrogen and oxygen atoms in total. The molecular weight excluding hydrogens is 448 g/mol. The van der Waals surface area contributed by atoms with E-state index in [9.17, 15) is 9.59 Å². The van der Waals surface area contributed by atoms with E-state index in [4.69, 9.17) is 43.1 Å². The summed E-state index contributed by atoms with van der Waals surface area (Å²) in [6.45, 7) is -0.760. The van der Waals surface area contributed by atoms with E-state index < -0.39 is 41.4 Å². The molecule has 4 unspecified atom stereocenters. The van der Waals surface area contributed by atoms with Gasteiger partial charge in [0.1, 0.15) is 24.4 Å². The lowest BCUT2D eigenvalue weighted by Gasteiger charge is -2.22. The minimum absolute atomic E-state index is 0.0258. The van der Waals surface area contributed by atoms with Gasteiger partial charge in [-0.15, -0.1) is 0 Å². The molecule has 0 aromatic heterocycles. The largest absolute Gasteiger partial charge is 0.394 e. The maximum absolute atomic E-state index is 12.1. The number of ketones is 1. The molecule has 0 bridgehead atoms. The Labute approximate surface area is 183 Å². The van der Waals surface area contributed by atoms with Crippen molar-refractivity contribution in [1.29, 1.82) is 0 Å². The van der Waals surface area contributed by atoms with Crippen LogP contribution in [0.2, 0.25) is 0 Å². The van der Waals surface area contributed by atoms with E-state index in [0.29, 0.717) is 0 Å². The van der Waals surface area contributed by atoms with Crippen LogP contribution in [0.25, 0.3) is 0 Å². The fourth-order valence-electron chi connectivity index (χ4n) is 2.76. The highest BCUT2D eigenvalue weighted by Crippen LogP contribution is 2.26. The summed E-state index contributed by atoms with van der Waals surface area (Å²) in [6, 6.07) is 15.7. The Morgan fingerprint density at radius 3 is 1.62 bits per heavy atom. The second-order valence-corrected chi connectivity index (χ2v) is 7.52. The molecule has 2 aromatic rings. The molecule has 0 radical (unpaired) electrons. The van der Waals surface area contributed by atoms with Crippen molar-refractivity contribution in [3.05, 3.63) is 70.8 Å². The van der Waals surface area contributed by atoms with Crippen LogP contribution < -0.4 is 0 Å². The molecule has 0 aliphatic heterocycles. The number of aliphatic hydroxyl groups excluding tert-OH is 5. The summed E-state index contributed by atoms with van der Waals surface area (Å²) in [5.41, 5.74) is 4.00. The molecule has 32 heavy (non-hydrogen) atoms. The van der Waals surface area contributed by atoms with E-state index in [2.05, 4.69) is 0 Å². The van der Waals surface area contributed by atoms with Crippen LogP contribution >= 0.6 is 0 Å². The number of hydrogen-bond donors (Lipinski definition) is 7. The van der Waals surface area contributed by atoms with E-state index >= 15 is 0 Å². The van der Waals surface area contributed by atoms with Gasteiger partial charge in [0.25, 0.3) is 0 Å². The minimum Gasteiger partial charge on any atom is -0.394 e. The van der Waals surface area contributed by atoms with Crippen molar-refractivity contribution in [3.63, 3.8) is 0 Å². The topological polar surface area (TPSA) is 210 Å². The van der Waals surface area contributed by atoms with Crippen LogP contribution in [0.15, 0.2) is 48.5 Å². The molecule has 1 aliphatic carbocycles. The lowest BCUT2D eigenvalue weighted by molar-refractivity contribution is -0.136. The third kappa shape index (κ3) is 8.53. The zero-order valence-electron chi connectivity index (χ0n) is 16.6. The predicted octanol–water partition coefficient (Wildman–Crippen LogP) is -1.21. The first-order valence-electron chi connectivity index (χ1n) is 9.09. The van der Waals surface area contributed by atoms with Gasteiger partial charge in [-0.2, -0.15) is 8.42 Å². The zero-order valence-corrected chi connectivity index (χ0v) is 17.4. The number of fused-ring (bicyclic) bond motifs is 2. The summed E-state index contributed by atoms with van der Waals surface area (Å²) in [5.74, 6) is 0.160. The van der Waals surface area contributed by atoms with E-state index in [1.54, 1.807) is 0 Å². The Kier molecular flexibility index (Phi) is 10.7. The summed E-state index contributed by atoms with van der Waals surface area (Å²) >= 11 is 0. The third-order valence-electron chi connectivity index (χ3n) is 4.33. The quantitative estimate of drug-likeness (QED) is 0.173. The van der Waals surface area contributed by atoms with Crippen LogP contribution in [0.4, 0.5) is 0 Å². The van der Waals surface area contributed by atoms with E-state index in [1.165, 1.54) is 0 Å². The van der Waals surface area contributed by atoms with E-state index in [1.807, 2.05) is 48.5 Å². The van der Waals surface area contributed by atoms with E-state index in [-0.39, 0.29) is 12.1 Å². The van der Waals surface area contributed by atoms with Gasteiger partial charge < -0.3 is 30.3 Å². The van der Waals surface area contributed by atoms with Crippen LogP contribution in [0, 0.1) is 0 Å². The highest BCUT2D eigenvalue weighted by atomic mass is 32.3. The molecule has 12 heteroatoms. The maximum atomic E-state index is 12.1. The van der Waals surface area contributed by atoms with Gasteiger partial charge in [-0.05, 0) is 17.5 Å². The number of rotatable bonds is 5. The van der Waals surface area contributed by atoms with Crippen molar-refractivity contribution < 1.29 is 52.6 Å². The van der Waals surface area contributed by atoms with Gasteiger partial charge in [-0.25, -0.2) is 0 Å². The average Bonchev–Trinajstić information content (AvgIpc) is 2.76. The van der Waals surface area contributed by atoms with Crippen molar-refractivity contribution in [3.8, 4) is 0 Å². The van der Waals surface area contributed by atoms with Crippen molar-refractivity contribution in [2.45, 2.75) is 30.8 Å². The van der Waals surface area contributed by atoms with Gasteiger partial charge in [0, 0.05) is 11.1 Å². The maximum Gasteiger partial charge on any atom is 0.394 e. The van der Waals surface area contributed by atoms with Gasteiger partial charge in [0.15, 0.2) is 12.1 Å². The van der Waals surface area contributed by atoms with Crippen LogP contribution in [0.5, 0.6) is 0 Å². The molecule has 2 aromatic carbocycles. The Morgan fingerprint density at radius 2 is 1.25 bits per heavy atom. The van der Waals surface area contributed by atoms with Crippen molar-refractivity contribution in [1.82, 2.24) is 0 Å². The molecule has 0 saturated carbocycles. The smallest absolute Gasteiger partial charge is 0.394 e. The van der Waals surface area contributed by atoms with Crippen LogP contribution in [0.3, 0.4) is 0 Å². The van der Waals surface area contributed by atoms with Crippen molar-refractivity contribution in [2.24, 2.45) is 0 Å². The number of hydrogen-bond acceptors (Lipinski definition) is 9. The molecule has 1 aliphatic rings. The van der Waals surface area contributed by atoms with Crippen LogP contribution in [-0.4, -0.2) is 86.1 Å². The van der Waals surface area contributed by atoms with Crippen LogP contribution in [0.1, 0.15) is 27.0 Å². The number of carbonyl (C=O) groups is 2. The molecule has 4 atom stereocenters. The zero-order chi connectivity index (χ0) is 24.5. The Morgan fingerprint density at radius 1 is 0.844 bits per heavy atom. The first-order valence-corrected chi connectivity index (χ1v) is 10.5. The number of aldehydes is 1. The van der Waals surface area contributed by atoms with Crippen molar-refractivity contribution >= 4 is 22.5 Å². The first-order chi connectivity index (χ1) is 14.9. The molecule has 0 saturated heterocycles. The summed E-state index contributed by atoms with van der Waals surface area (Å²) in [7, 11) is -4.67. The van der Waals surface area contributed by atoms with Gasteiger partial charge in [-0.1, -0.05) is 48.5 Å². The number of benzene rings is 2. The average molecular weight is 472 g/mol. The SMILES string of the molecule is O=C1c2ccccc2Cc2ccccc21.O=CC(O)C(O)C(O)C(O)CO.O=S(=O)(O)O. The second-order valence-electron chi connectivity index (χ2n) is 6.63. The molecule has 7 N–H and O–H groups in total. The fraction of sp³-hybridized carbons (Fsp3) is 0.300. The fourth-order valence-corrected chi connectivity index (χ4v) is 2.76. The summed E-state index contributed by atoms with van der Waals surface area (Å²) in [4.78, 5) is 22.0. The summed E-state index contributed by atoms with van der Waals surface area (Å²) in [6.07, 6.45) is -5.97. The third-order valence-corrected chi connectivity index (χ3v) is 4.33. The minimum atomic E-state index is -4.67. The summed E-state index contributed by atoms with van der Waals surface area (Å²) < 4.78 is 31.6. The summed E-state index contributed by atoms with van der Waals surface area (Å²) in [5, 5.41) is 43.5. The first kappa shape index (κ1) is 27.5. The lowest BCUT2D eigenvalue weighted by atomic mass is 9.85. The van der Waals surface area contributed by atoms with Crippen molar-refractivity contribution in [2.75, 3.05) is 6.61 Å². The molecule has 0 spiro atoms. The lowest BCUT2D eigenvalue weighted by Crippen LogP contribution is -2.46. The number of aliphatic hydroxyl groups is 5. The Hall–Kier alpha value is -2.55. The molecule has 0 fully saturated rings. The van der Waals surface area contributed by atoms with Gasteiger partial charge in [0.05, 0.1) is 6.61 Å². The highest BCUT2D eigenvalue weighted by molar-refractivity contribution is 7.79. The van der Waals surface area contributed by atoms with Gasteiger partial charge in [0.2, 0.25) is 0 Å². The molecule has 3 rings (SSSR count). The highest BCUT2D eigenvalue weighted by Gasteiger charge is 2.29. The second kappa shape index (κ2) is 12.5. The molecular formula is C20H24O11S. The Balaban J connectivity index is 0.000000272. The molecule has 176 valence electrons. The van der Waals surface area contributed by atoms with E-state index in [0.717, 1.165) is 28.7 Å². The predicted molar refractivity (Wildman–Crippen MR) is 110 cm³/mol. The monoisotopic (exact) mass is 472 g/mol. The van der Waals surface area contributed by atoms with Crippen LogP contribution in [-0.2, 0) is 21.6 Å². The molecule has 0 amide bonds.